The highest BCUT2D eigenvalue weighted by Gasteiger charge is 2.28. The lowest BCUT2D eigenvalue weighted by atomic mass is 10.1. The molecule has 0 fully saturated rings. The summed E-state index contributed by atoms with van der Waals surface area (Å²) in [4.78, 5) is 17.2. The summed E-state index contributed by atoms with van der Waals surface area (Å²) in [6.45, 7) is 12.1. The summed E-state index contributed by atoms with van der Waals surface area (Å²) in [5.74, 6) is 0.919. The smallest absolute Gasteiger partial charge is 0.408 e. The maximum Gasteiger partial charge on any atom is 0.408 e. The average molecular weight is 413 g/mol. The van der Waals surface area contributed by atoms with Crippen molar-refractivity contribution in [3.05, 3.63) is 41.5 Å². The van der Waals surface area contributed by atoms with Gasteiger partial charge in [-0.25, -0.2) is 9.78 Å². The number of unbranched alkanes of at least 4 members (excludes halogenated alkanes) is 1. The number of para-hydroxylation sites is 1. The van der Waals surface area contributed by atoms with E-state index in [0.29, 0.717) is 17.6 Å². The van der Waals surface area contributed by atoms with Crippen molar-refractivity contribution in [2.75, 3.05) is 0 Å². The van der Waals surface area contributed by atoms with Crippen molar-refractivity contribution in [1.29, 1.82) is 0 Å². The van der Waals surface area contributed by atoms with Gasteiger partial charge in [-0.15, -0.1) is 0 Å². The molecule has 0 saturated heterocycles. The number of fused-ring (bicyclic) bond motifs is 3. The van der Waals surface area contributed by atoms with Crippen LogP contribution in [0.25, 0.3) is 21.9 Å². The second-order valence-electron chi connectivity index (χ2n) is 9.43. The van der Waals surface area contributed by atoms with Gasteiger partial charge >= 0.3 is 6.09 Å². The molecule has 0 radical (unpaired) electrons. The Kier molecular flexibility index (Phi) is 5.92. The molecule has 7 nitrogen and oxygen atoms in total. The van der Waals surface area contributed by atoms with Crippen LogP contribution in [0.15, 0.2) is 30.5 Å². The molecule has 3 aromatic rings. The summed E-state index contributed by atoms with van der Waals surface area (Å²) in [6, 6.07) is 7.54. The molecule has 3 rings (SSSR count). The number of ether oxygens (including phenoxy) is 1. The molecule has 2 aromatic heterocycles. The second-order valence-corrected chi connectivity index (χ2v) is 9.43. The van der Waals surface area contributed by atoms with Crippen molar-refractivity contribution in [3.63, 3.8) is 0 Å². The van der Waals surface area contributed by atoms with Crippen molar-refractivity contribution in [3.8, 4) is 0 Å². The average Bonchev–Trinajstić information content (AvgIpc) is 2.94. The zero-order valence-electron chi connectivity index (χ0n) is 18.8. The first-order valence-corrected chi connectivity index (χ1v) is 10.5. The van der Waals surface area contributed by atoms with Gasteiger partial charge < -0.3 is 19.8 Å². The van der Waals surface area contributed by atoms with Crippen molar-refractivity contribution in [1.82, 2.24) is 14.9 Å². The van der Waals surface area contributed by atoms with Gasteiger partial charge in [0, 0.05) is 19.0 Å². The quantitative estimate of drug-likeness (QED) is 0.478. The van der Waals surface area contributed by atoms with Crippen molar-refractivity contribution in [2.45, 2.75) is 78.5 Å². The van der Waals surface area contributed by atoms with Gasteiger partial charge in [-0.05, 0) is 47.1 Å². The zero-order valence-corrected chi connectivity index (χ0v) is 18.8. The highest BCUT2D eigenvalue weighted by molar-refractivity contribution is 6.00. The van der Waals surface area contributed by atoms with E-state index in [9.17, 15) is 10.0 Å². The Morgan fingerprint density at radius 1 is 1.23 bits per heavy atom. The number of hydrogen-bond donors (Lipinski definition) is 1. The Balaban J connectivity index is 2.06. The largest absolute Gasteiger partial charge is 0.618 e. The molecule has 0 saturated carbocycles. The fourth-order valence-corrected chi connectivity index (χ4v) is 3.65. The van der Waals surface area contributed by atoms with E-state index in [1.807, 2.05) is 58.9 Å². The van der Waals surface area contributed by atoms with Crippen LogP contribution in [0.3, 0.4) is 0 Å². The summed E-state index contributed by atoms with van der Waals surface area (Å²) in [5, 5.41) is 16.3. The molecule has 30 heavy (non-hydrogen) atoms. The molecule has 0 spiro atoms. The molecule has 0 atom stereocenters. The third-order valence-electron chi connectivity index (χ3n) is 4.86. The summed E-state index contributed by atoms with van der Waals surface area (Å²) in [7, 11) is 0. The van der Waals surface area contributed by atoms with Gasteiger partial charge in [-0.3, -0.25) is 0 Å². The number of carbonyl (C=O) groups excluding carboxylic acids is 1. The number of imidazole rings is 1. The van der Waals surface area contributed by atoms with E-state index in [1.54, 1.807) is 0 Å². The number of alkyl carbamates (subject to hydrolysis) is 1. The summed E-state index contributed by atoms with van der Waals surface area (Å²) in [5.41, 5.74) is 1.05. The van der Waals surface area contributed by atoms with Crippen LogP contribution in [0, 0.1) is 5.21 Å². The van der Waals surface area contributed by atoms with Gasteiger partial charge in [0.2, 0.25) is 11.7 Å². The van der Waals surface area contributed by atoms with Crippen molar-refractivity contribution in [2.24, 2.45) is 0 Å². The van der Waals surface area contributed by atoms with E-state index in [1.165, 1.54) is 6.20 Å². The van der Waals surface area contributed by atoms with Gasteiger partial charge in [-0.1, -0.05) is 25.5 Å². The lowest BCUT2D eigenvalue weighted by Gasteiger charge is -2.30. The number of aromatic nitrogens is 3. The lowest BCUT2D eigenvalue weighted by molar-refractivity contribution is -0.575. The molecule has 162 valence electrons. The monoisotopic (exact) mass is 412 g/mol. The number of rotatable bonds is 6. The Morgan fingerprint density at radius 2 is 1.93 bits per heavy atom. The minimum atomic E-state index is -0.582. The number of nitrogens with one attached hydrogen (secondary N) is 1. The van der Waals surface area contributed by atoms with Crippen LogP contribution >= 0.6 is 0 Å². The molecular formula is C23H32N4O3. The SMILES string of the molecule is CCCCc1nc2c[n+]([O-])c3ccccc3c2n1CC(C)(C)NC(=O)OC(C)(C)C. The van der Waals surface area contributed by atoms with Crippen molar-refractivity contribution >= 4 is 28.0 Å². The molecular weight excluding hydrogens is 380 g/mol. The topological polar surface area (TPSA) is 83.1 Å². The van der Waals surface area contributed by atoms with Crippen LogP contribution in [0.4, 0.5) is 4.79 Å². The fraction of sp³-hybridized carbons (Fsp3) is 0.522. The third-order valence-corrected chi connectivity index (χ3v) is 4.86. The van der Waals surface area contributed by atoms with Crippen LogP contribution < -0.4 is 10.0 Å². The minimum absolute atomic E-state index is 0.450. The molecule has 2 heterocycles. The first kappa shape index (κ1) is 21.9. The van der Waals surface area contributed by atoms with Crippen molar-refractivity contribution < 1.29 is 14.3 Å². The Labute approximate surface area is 177 Å². The normalized spacial score (nSPS) is 12.5. The number of pyridine rings is 1. The minimum Gasteiger partial charge on any atom is -0.618 e. The van der Waals surface area contributed by atoms with Crippen LogP contribution in [-0.2, 0) is 17.7 Å². The van der Waals surface area contributed by atoms with E-state index in [4.69, 9.17) is 9.72 Å². The van der Waals surface area contributed by atoms with Gasteiger partial charge in [0.05, 0.1) is 16.4 Å². The summed E-state index contributed by atoms with van der Waals surface area (Å²) >= 11 is 0. The molecule has 0 unspecified atom stereocenters. The molecule has 1 amide bonds. The first-order chi connectivity index (χ1) is 14.0. The number of benzene rings is 1. The zero-order chi connectivity index (χ0) is 22.1. The molecule has 0 bridgehead atoms. The predicted octanol–water partition coefficient (Wildman–Crippen LogP) is 4.47. The van der Waals surface area contributed by atoms with E-state index in [0.717, 1.165) is 40.7 Å². The molecule has 1 N–H and O–H groups in total. The molecule has 0 aliphatic carbocycles. The van der Waals surface area contributed by atoms with E-state index in [-0.39, 0.29) is 0 Å². The number of aryl methyl sites for hydroxylation is 1. The van der Waals surface area contributed by atoms with Crippen LogP contribution in [-0.4, -0.2) is 26.8 Å². The standard InChI is InChI=1S/C23H32N4O3/c1-7-8-13-19-24-17-14-27(29)18-12-10-9-11-16(18)20(17)26(19)15-23(5,6)25-21(28)30-22(2,3)4/h9-12,14H,7-8,13,15H2,1-6H3,(H,25,28). The predicted molar refractivity (Wildman–Crippen MR) is 118 cm³/mol. The maximum atomic E-state index is 12.5. The second kappa shape index (κ2) is 8.13. The highest BCUT2D eigenvalue weighted by atomic mass is 16.6. The Morgan fingerprint density at radius 3 is 2.60 bits per heavy atom. The van der Waals surface area contributed by atoms with E-state index in [2.05, 4.69) is 16.8 Å². The summed E-state index contributed by atoms with van der Waals surface area (Å²) < 4.78 is 8.46. The van der Waals surface area contributed by atoms with Crippen LogP contribution in [0.1, 0.15) is 60.2 Å². The van der Waals surface area contributed by atoms with Gasteiger partial charge in [0.25, 0.3) is 0 Å². The molecule has 0 aliphatic rings. The van der Waals surface area contributed by atoms with E-state index < -0.39 is 17.2 Å². The molecule has 7 heteroatoms. The van der Waals surface area contributed by atoms with Gasteiger partial charge in [-0.2, -0.15) is 4.73 Å². The third kappa shape index (κ3) is 4.83. The molecule has 0 aliphatic heterocycles. The van der Waals surface area contributed by atoms with Gasteiger partial charge in [0.1, 0.15) is 11.4 Å². The number of amides is 1. The first-order valence-electron chi connectivity index (χ1n) is 10.5. The Hall–Kier alpha value is -2.83. The fourth-order valence-electron chi connectivity index (χ4n) is 3.65. The van der Waals surface area contributed by atoms with Gasteiger partial charge in [0.15, 0.2) is 5.52 Å². The van der Waals surface area contributed by atoms with E-state index >= 15 is 0 Å². The van der Waals surface area contributed by atoms with Crippen LogP contribution in [0.5, 0.6) is 0 Å². The maximum absolute atomic E-state index is 12.5. The molecule has 1 aromatic carbocycles. The highest BCUT2D eigenvalue weighted by Crippen LogP contribution is 2.26. The number of hydrogen-bond acceptors (Lipinski definition) is 4. The summed E-state index contributed by atoms with van der Waals surface area (Å²) in [6.07, 6.45) is 3.94. The number of nitrogens with zero attached hydrogens (tertiary/aromatic N) is 3. The Bertz CT molecular complexity index is 1060. The lowest BCUT2D eigenvalue weighted by Crippen LogP contribution is -2.48. The van der Waals surface area contributed by atoms with Crippen LogP contribution in [0.2, 0.25) is 0 Å². The number of carbonyl (C=O) groups is 1.